The molecule has 22 heavy (non-hydrogen) atoms. The van der Waals surface area contributed by atoms with Crippen LogP contribution in [0.4, 0.5) is 0 Å². The molecule has 0 aromatic rings. The predicted molar refractivity (Wildman–Crippen MR) is 92.0 cm³/mol. The average Bonchev–Trinajstić information content (AvgIpc) is 2.41. The zero-order valence-corrected chi connectivity index (χ0v) is 15.1. The summed E-state index contributed by atoms with van der Waals surface area (Å²) in [4.78, 5) is 22.8. The molecular weight excluding hydrogens is 276 g/mol. The van der Waals surface area contributed by atoms with Gasteiger partial charge in [0, 0.05) is 18.8 Å². The number of carbonyl (C=O) groups is 2. The number of aliphatic carboxylic acids is 1. The molecule has 1 unspecified atom stereocenters. The van der Waals surface area contributed by atoms with Crippen molar-refractivity contribution < 1.29 is 14.7 Å². The maximum absolute atomic E-state index is 12.4. The van der Waals surface area contributed by atoms with E-state index in [-0.39, 0.29) is 12.3 Å². The van der Waals surface area contributed by atoms with Crippen molar-refractivity contribution in [2.45, 2.75) is 91.9 Å². The van der Waals surface area contributed by atoms with E-state index in [1.54, 1.807) is 0 Å². The van der Waals surface area contributed by atoms with Crippen LogP contribution in [0.1, 0.15) is 91.9 Å². The summed E-state index contributed by atoms with van der Waals surface area (Å²) in [6, 6.07) is 0. The molecule has 0 saturated carbocycles. The number of ketones is 1. The van der Waals surface area contributed by atoms with Gasteiger partial charge >= 0.3 is 5.97 Å². The average molecular weight is 312 g/mol. The van der Waals surface area contributed by atoms with Crippen molar-refractivity contribution in [3.63, 3.8) is 0 Å². The SMILES string of the molecule is CC(C)CCC(CC(C)C)C(=O)CCCCCCCC(=O)O. The Kier molecular flexibility index (Phi) is 12.2. The molecule has 0 bridgehead atoms. The molecule has 0 fully saturated rings. The zero-order valence-electron chi connectivity index (χ0n) is 15.1. The van der Waals surface area contributed by atoms with Crippen molar-refractivity contribution in [2.75, 3.05) is 0 Å². The fraction of sp³-hybridized carbons (Fsp3) is 0.895. The van der Waals surface area contributed by atoms with Crippen molar-refractivity contribution in [3.8, 4) is 0 Å². The van der Waals surface area contributed by atoms with Gasteiger partial charge in [0.2, 0.25) is 0 Å². The normalized spacial score (nSPS) is 12.8. The Hall–Kier alpha value is -0.860. The van der Waals surface area contributed by atoms with Gasteiger partial charge in [-0.15, -0.1) is 0 Å². The smallest absolute Gasteiger partial charge is 0.303 e. The van der Waals surface area contributed by atoms with Gasteiger partial charge in [0.25, 0.3) is 0 Å². The van der Waals surface area contributed by atoms with Crippen LogP contribution in [-0.4, -0.2) is 16.9 Å². The van der Waals surface area contributed by atoms with Crippen molar-refractivity contribution in [1.29, 1.82) is 0 Å². The van der Waals surface area contributed by atoms with Gasteiger partial charge in [-0.1, -0.05) is 53.4 Å². The molecule has 3 heteroatoms. The van der Waals surface area contributed by atoms with Gasteiger partial charge in [-0.3, -0.25) is 9.59 Å². The predicted octanol–water partition coefficient (Wildman–Crippen LogP) is 5.47. The van der Waals surface area contributed by atoms with Crippen LogP contribution in [0.5, 0.6) is 0 Å². The van der Waals surface area contributed by atoms with Crippen LogP contribution in [-0.2, 0) is 9.59 Å². The van der Waals surface area contributed by atoms with Crippen molar-refractivity contribution in [2.24, 2.45) is 17.8 Å². The second-order valence-corrected chi connectivity index (χ2v) is 7.43. The minimum Gasteiger partial charge on any atom is -0.481 e. The first-order valence-corrected chi connectivity index (χ1v) is 9.07. The van der Waals surface area contributed by atoms with Gasteiger partial charge in [0.1, 0.15) is 5.78 Å². The highest BCUT2D eigenvalue weighted by molar-refractivity contribution is 5.80. The number of carboxylic acids is 1. The Morgan fingerprint density at radius 2 is 1.32 bits per heavy atom. The third kappa shape index (κ3) is 12.8. The van der Waals surface area contributed by atoms with E-state index >= 15 is 0 Å². The standard InChI is InChI=1S/C19H36O3/c1-15(2)12-13-17(14-16(3)4)18(20)10-8-6-5-7-9-11-19(21)22/h15-17H,5-14H2,1-4H3,(H,21,22). The Morgan fingerprint density at radius 3 is 1.82 bits per heavy atom. The molecule has 0 aliphatic rings. The first-order chi connectivity index (χ1) is 10.3. The molecule has 0 radical (unpaired) electrons. The van der Waals surface area contributed by atoms with Crippen LogP contribution < -0.4 is 0 Å². The highest BCUT2D eigenvalue weighted by Gasteiger charge is 2.19. The number of rotatable bonds is 14. The summed E-state index contributed by atoms with van der Waals surface area (Å²) in [6.45, 7) is 8.82. The molecule has 0 amide bonds. The highest BCUT2D eigenvalue weighted by atomic mass is 16.4. The molecule has 0 aliphatic carbocycles. The van der Waals surface area contributed by atoms with Gasteiger partial charge < -0.3 is 5.11 Å². The fourth-order valence-electron chi connectivity index (χ4n) is 2.82. The Bertz CT molecular complexity index is 308. The summed E-state index contributed by atoms with van der Waals surface area (Å²) in [6.07, 6.45) is 8.93. The summed E-state index contributed by atoms with van der Waals surface area (Å²) in [5, 5.41) is 8.57. The lowest BCUT2D eigenvalue weighted by Crippen LogP contribution is -2.17. The number of hydrogen-bond donors (Lipinski definition) is 1. The quantitative estimate of drug-likeness (QED) is 0.433. The second kappa shape index (κ2) is 12.7. The topological polar surface area (TPSA) is 54.4 Å². The van der Waals surface area contributed by atoms with Crippen molar-refractivity contribution in [3.05, 3.63) is 0 Å². The van der Waals surface area contributed by atoms with Crippen LogP contribution in [0.3, 0.4) is 0 Å². The van der Waals surface area contributed by atoms with E-state index in [9.17, 15) is 9.59 Å². The van der Waals surface area contributed by atoms with Crippen LogP contribution in [0.2, 0.25) is 0 Å². The van der Waals surface area contributed by atoms with Gasteiger partial charge in [-0.05, 0) is 37.5 Å². The van der Waals surface area contributed by atoms with Crippen LogP contribution >= 0.6 is 0 Å². The number of Topliss-reactive ketones (excluding diaryl/α,β-unsaturated/α-hetero) is 1. The lowest BCUT2D eigenvalue weighted by Gasteiger charge is -2.19. The second-order valence-electron chi connectivity index (χ2n) is 7.43. The molecule has 130 valence electrons. The molecule has 0 aromatic heterocycles. The van der Waals surface area contributed by atoms with E-state index in [4.69, 9.17) is 5.11 Å². The Labute approximate surface area is 136 Å². The van der Waals surface area contributed by atoms with E-state index in [1.807, 2.05) is 0 Å². The van der Waals surface area contributed by atoms with Gasteiger partial charge in [-0.2, -0.15) is 0 Å². The van der Waals surface area contributed by atoms with Crippen molar-refractivity contribution >= 4 is 11.8 Å². The molecule has 0 heterocycles. The van der Waals surface area contributed by atoms with Gasteiger partial charge in [0.05, 0.1) is 0 Å². The lowest BCUT2D eigenvalue weighted by atomic mass is 9.85. The van der Waals surface area contributed by atoms with Crippen LogP contribution in [0, 0.1) is 17.8 Å². The molecule has 0 saturated heterocycles. The molecule has 0 aromatic carbocycles. The first-order valence-electron chi connectivity index (χ1n) is 9.07. The monoisotopic (exact) mass is 312 g/mol. The van der Waals surface area contributed by atoms with E-state index in [2.05, 4.69) is 27.7 Å². The zero-order chi connectivity index (χ0) is 17.0. The molecule has 0 rings (SSSR count). The van der Waals surface area contributed by atoms with E-state index in [1.165, 1.54) is 0 Å². The molecule has 0 aliphatic heterocycles. The van der Waals surface area contributed by atoms with E-state index in [0.29, 0.717) is 24.0 Å². The summed E-state index contributed by atoms with van der Waals surface area (Å²) in [5.74, 6) is 1.22. The third-order valence-electron chi connectivity index (χ3n) is 4.12. The highest BCUT2D eigenvalue weighted by Crippen LogP contribution is 2.23. The maximum Gasteiger partial charge on any atom is 0.303 e. The fourth-order valence-corrected chi connectivity index (χ4v) is 2.82. The number of hydrogen-bond acceptors (Lipinski definition) is 2. The molecule has 1 atom stereocenters. The molecule has 3 nitrogen and oxygen atoms in total. The minimum absolute atomic E-state index is 0.245. The van der Waals surface area contributed by atoms with Crippen LogP contribution in [0.25, 0.3) is 0 Å². The summed E-state index contributed by atoms with van der Waals surface area (Å²) in [7, 11) is 0. The number of unbranched alkanes of at least 4 members (excludes halogenated alkanes) is 4. The largest absolute Gasteiger partial charge is 0.481 e. The minimum atomic E-state index is -0.711. The summed E-state index contributed by atoms with van der Waals surface area (Å²) < 4.78 is 0. The number of carbonyl (C=O) groups excluding carboxylic acids is 1. The summed E-state index contributed by atoms with van der Waals surface area (Å²) >= 11 is 0. The number of carboxylic acid groups (broad SMARTS) is 1. The lowest BCUT2D eigenvalue weighted by molar-refractivity contribution is -0.137. The van der Waals surface area contributed by atoms with E-state index in [0.717, 1.165) is 51.4 Å². The van der Waals surface area contributed by atoms with Gasteiger partial charge in [0.15, 0.2) is 0 Å². The molecule has 0 spiro atoms. The summed E-state index contributed by atoms with van der Waals surface area (Å²) in [5.41, 5.74) is 0. The Balaban J connectivity index is 3.89. The Morgan fingerprint density at radius 1 is 0.773 bits per heavy atom. The van der Waals surface area contributed by atoms with E-state index < -0.39 is 5.97 Å². The van der Waals surface area contributed by atoms with Gasteiger partial charge in [-0.25, -0.2) is 0 Å². The molecular formula is C19H36O3. The maximum atomic E-state index is 12.4. The van der Waals surface area contributed by atoms with Crippen LogP contribution in [0.15, 0.2) is 0 Å². The third-order valence-corrected chi connectivity index (χ3v) is 4.12. The van der Waals surface area contributed by atoms with Crippen molar-refractivity contribution in [1.82, 2.24) is 0 Å². The molecule has 1 N–H and O–H groups in total. The first kappa shape index (κ1) is 21.1.